The molecule has 27 heavy (non-hydrogen) atoms. The topological polar surface area (TPSA) is 44.3 Å². The van der Waals surface area contributed by atoms with E-state index in [1.54, 1.807) is 0 Å². The van der Waals surface area contributed by atoms with Crippen LogP contribution in [0.2, 0.25) is 0 Å². The molecule has 1 saturated heterocycles. The van der Waals surface area contributed by atoms with Crippen molar-refractivity contribution in [3.63, 3.8) is 0 Å². The Morgan fingerprint density at radius 3 is 2.59 bits per heavy atom. The number of rotatable bonds is 8. The molecular formula is C22H31N5. The lowest BCUT2D eigenvalue weighted by atomic mass is 10.2. The van der Waals surface area contributed by atoms with Gasteiger partial charge in [-0.1, -0.05) is 55.8 Å². The Morgan fingerprint density at radius 2 is 1.85 bits per heavy atom. The number of unbranched alkanes of at least 4 members (excludes halogenated alkanes) is 1. The first-order valence-electron chi connectivity index (χ1n) is 10.0. The minimum atomic E-state index is 0.756. The lowest BCUT2D eigenvalue weighted by Crippen LogP contribution is -2.46. The molecule has 1 aliphatic rings. The number of anilines is 2. The Morgan fingerprint density at radius 1 is 1.07 bits per heavy atom. The van der Waals surface area contributed by atoms with Gasteiger partial charge in [0.15, 0.2) is 0 Å². The minimum Gasteiger partial charge on any atom is -0.354 e. The van der Waals surface area contributed by atoms with Crippen LogP contribution in [-0.4, -0.2) is 54.1 Å². The molecule has 144 valence electrons. The van der Waals surface area contributed by atoms with E-state index in [-0.39, 0.29) is 0 Å². The first kappa shape index (κ1) is 19.4. The van der Waals surface area contributed by atoms with E-state index >= 15 is 0 Å². The molecule has 5 heteroatoms. The molecule has 0 bridgehead atoms. The maximum Gasteiger partial charge on any atom is 0.224 e. The maximum atomic E-state index is 4.73. The molecule has 1 fully saturated rings. The molecule has 3 rings (SSSR count). The fourth-order valence-corrected chi connectivity index (χ4v) is 3.23. The molecule has 0 aliphatic carbocycles. The zero-order valence-electron chi connectivity index (χ0n) is 16.6. The highest BCUT2D eigenvalue weighted by molar-refractivity contribution is 5.49. The Bertz CT molecular complexity index is 721. The van der Waals surface area contributed by atoms with E-state index < -0.39 is 0 Å². The molecule has 2 heterocycles. The SMILES string of the molecule is CCCCNc1nc(C)cc(N2CCN(C/C=C/c3ccccc3)CC2)n1. The van der Waals surface area contributed by atoms with Gasteiger partial charge in [0.05, 0.1) is 0 Å². The predicted molar refractivity (Wildman–Crippen MR) is 114 cm³/mol. The van der Waals surface area contributed by atoms with Crippen LogP contribution in [0, 0.1) is 6.92 Å². The summed E-state index contributed by atoms with van der Waals surface area (Å²) in [5.41, 5.74) is 2.28. The van der Waals surface area contributed by atoms with Gasteiger partial charge in [0, 0.05) is 51.0 Å². The van der Waals surface area contributed by atoms with Crippen molar-refractivity contribution < 1.29 is 0 Å². The number of hydrogen-bond donors (Lipinski definition) is 1. The second-order valence-corrected chi connectivity index (χ2v) is 7.07. The first-order valence-corrected chi connectivity index (χ1v) is 10.0. The summed E-state index contributed by atoms with van der Waals surface area (Å²) in [4.78, 5) is 14.1. The van der Waals surface area contributed by atoms with Crippen molar-refractivity contribution >= 4 is 17.8 Å². The van der Waals surface area contributed by atoms with Crippen molar-refractivity contribution in [2.45, 2.75) is 26.7 Å². The van der Waals surface area contributed by atoms with Crippen LogP contribution < -0.4 is 10.2 Å². The van der Waals surface area contributed by atoms with Crippen LogP contribution in [0.15, 0.2) is 42.5 Å². The van der Waals surface area contributed by atoms with E-state index in [9.17, 15) is 0 Å². The predicted octanol–water partition coefficient (Wildman–Crippen LogP) is 3.83. The van der Waals surface area contributed by atoms with Gasteiger partial charge in [-0.2, -0.15) is 4.98 Å². The van der Waals surface area contributed by atoms with Crippen molar-refractivity contribution in [1.82, 2.24) is 14.9 Å². The summed E-state index contributed by atoms with van der Waals surface area (Å²) in [6, 6.07) is 12.6. The first-order chi connectivity index (χ1) is 13.2. The van der Waals surface area contributed by atoms with Crippen molar-refractivity contribution in [3.05, 3.63) is 53.7 Å². The van der Waals surface area contributed by atoms with E-state index in [0.717, 1.165) is 63.1 Å². The molecule has 5 nitrogen and oxygen atoms in total. The number of piperazine rings is 1. The highest BCUT2D eigenvalue weighted by atomic mass is 15.3. The van der Waals surface area contributed by atoms with Crippen molar-refractivity contribution in [2.24, 2.45) is 0 Å². The van der Waals surface area contributed by atoms with Gasteiger partial charge in [-0.15, -0.1) is 0 Å². The maximum absolute atomic E-state index is 4.73. The van der Waals surface area contributed by atoms with E-state index in [4.69, 9.17) is 4.98 Å². The molecule has 2 aromatic rings. The van der Waals surface area contributed by atoms with Crippen LogP contribution in [0.3, 0.4) is 0 Å². The minimum absolute atomic E-state index is 0.756. The largest absolute Gasteiger partial charge is 0.354 e. The number of nitrogens with zero attached hydrogens (tertiary/aromatic N) is 4. The fraction of sp³-hybridized carbons (Fsp3) is 0.455. The summed E-state index contributed by atoms with van der Waals surface area (Å²) < 4.78 is 0. The fourth-order valence-electron chi connectivity index (χ4n) is 3.23. The quantitative estimate of drug-likeness (QED) is 0.720. The normalized spacial score (nSPS) is 15.4. The lowest BCUT2D eigenvalue weighted by molar-refractivity contribution is 0.283. The van der Waals surface area contributed by atoms with Gasteiger partial charge in [-0.3, -0.25) is 4.90 Å². The Balaban J connectivity index is 1.50. The van der Waals surface area contributed by atoms with Crippen molar-refractivity contribution in [2.75, 3.05) is 49.5 Å². The summed E-state index contributed by atoms with van der Waals surface area (Å²) in [6.45, 7) is 10.3. The van der Waals surface area contributed by atoms with Gasteiger partial charge in [0.2, 0.25) is 5.95 Å². The molecule has 0 spiro atoms. The van der Waals surface area contributed by atoms with Crippen LogP contribution in [0.25, 0.3) is 6.08 Å². The molecule has 1 aromatic carbocycles. The Hall–Kier alpha value is -2.40. The third-order valence-electron chi connectivity index (χ3n) is 4.82. The summed E-state index contributed by atoms with van der Waals surface area (Å²) in [5.74, 6) is 1.80. The van der Waals surface area contributed by atoms with Gasteiger partial charge in [-0.05, 0) is 18.9 Å². The molecule has 0 saturated carbocycles. The third kappa shape index (κ3) is 6.07. The monoisotopic (exact) mass is 365 g/mol. The number of nitrogens with one attached hydrogen (secondary N) is 1. The third-order valence-corrected chi connectivity index (χ3v) is 4.82. The van der Waals surface area contributed by atoms with Crippen LogP contribution in [0.4, 0.5) is 11.8 Å². The average molecular weight is 366 g/mol. The molecule has 1 aromatic heterocycles. The number of hydrogen-bond acceptors (Lipinski definition) is 5. The van der Waals surface area contributed by atoms with Gasteiger partial charge < -0.3 is 10.2 Å². The molecule has 0 unspecified atom stereocenters. The zero-order valence-corrected chi connectivity index (χ0v) is 16.6. The van der Waals surface area contributed by atoms with Crippen LogP contribution >= 0.6 is 0 Å². The van der Waals surface area contributed by atoms with Gasteiger partial charge in [0.1, 0.15) is 5.82 Å². The Kier molecular flexibility index (Phi) is 7.22. The zero-order chi connectivity index (χ0) is 18.9. The lowest BCUT2D eigenvalue weighted by Gasteiger charge is -2.35. The number of aromatic nitrogens is 2. The molecule has 0 amide bonds. The van der Waals surface area contributed by atoms with Crippen LogP contribution in [0.5, 0.6) is 0 Å². The van der Waals surface area contributed by atoms with Gasteiger partial charge in [0.25, 0.3) is 0 Å². The smallest absolute Gasteiger partial charge is 0.224 e. The molecule has 1 aliphatic heterocycles. The van der Waals surface area contributed by atoms with E-state index in [0.29, 0.717) is 0 Å². The Labute approximate surface area is 163 Å². The van der Waals surface area contributed by atoms with E-state index in [1.807, 2.05) is 6.92 Å². The number of benzene rings is 1. The number of aryl methyl sites for hydroxylation is 1. The highest BCUT2D eigenvalue weighted by Crippen LogP contribution is 2.17. The second-order valence-electron chi connectivity index (χ2n) is 7.07. The van der Waals surface area contributed by atoms with E-state index in [1.165, 1.54) is 12.0 Å². The van der Waals surface area contributed by atoms with Crippen molar-refractivity contribution in [1.29, 1.82) is 0 Å². The van der Waals surface area contributed by atoms with Gasteiger partial charge >= 0.3 is 0 Å². The summed E-state index contributed by atoms with van der Waals surface area (Å²) in [6.07, 6.45) is 6.78. The van der Waals surface area contributed by atoms with Crippen LogP contribution in [0.1, 0.15) is 31.0 Å². The second kappa shape index (κ2) is 10.1. The molecule has 1 N–H and O–H groups in total. The summed E-state index contributed by atoms with van der Waals surface area (Å²) >= 11 is 0. The van der Waals surface area contributed by atoms with Gasteiger partial charge in [-0.25, -0.2) is 4.98 Å². The standard InChI is InChI=1S/C22H31N5/c1-3-4-12-23-22-24-19(2)18-21(25-22)27-16-14-26(15-17-27)13-8-11-20-9-6-5-7-10-20/h5-11,18H,3-4,12-17H2,1-2H3,(H,23,24,25)/b11-8+. The summed E-state index contributed by atoms with van der Waals surface area (Å²) in [7, 11) is 0. The molecular weight excluding hydrogens is 334 g/mol. The molecule has 0 atom stereocenters. The van der Waals surface area contributed by atoms with E-state index in [2.05, 4.69) is 75.6 Å². The molecule has 0 radical (unpaired) electrons. The summed E-state index contributed by atoms with van der Waals surface area (Å²) in [5, 5.41) is 3.35. The average Bonchev–Trinajstić information content (AvgIpc) is 2.69. The van der Waals surface area contributed by atoms with Crippen molar-refractivity contribution in [3.8, 4) is 0 Å². The highest BCUT2D eigenvalue weighted by Gasteiger charge is 2.18. The van der Waals surface area contributed by atoms with Crippen LogP contribution in [-0.2, 0) is 0 Å².